The molecule has 0 radical (unpaired) electrons. The minimum absolute atomic E-state index is 0.330. The van der Waals surface area contributed by atoms with Gasteiger partial charge in [-0.1, -0.05) is 17.7 Å². The first-order chi connectivity index (χ1) is 8.24. The van der Waals surface area contributed by atoms with Crippen molar-refractivity contribution in [2.75, 3.05) is 0 Å². The minimum atomic E-state index is 0.330. The van der Waals surface area contributed by atoms with Gasteiger partial charge in [0.25, 0.3) is 0 Å². The summed E-state index contributed by atoms with van der Waals surface area (Å²) in [7, 11) is 0. The SMILES string of the molecule is Cc1nnc(-c2ccc3ncoc3c2)c(Cl)n1. The summed E-state index contributed by atoms with van der Waals surface area (Å²) in [6, 6.07) is 5.51. The molecule has 5 nitrogen and oxygen atoms in total. The van der Waals surface area contributed by atoms with Crippen LogP contribution in [0.1, 0.15) is 5.82 Å². The molecular weight excluding hydrogens is 240 g/mol. The number of hydrogen-bond donors (Lipinski definition) is 0. The standard InChI is InChI=1S/C11H7ClN4O/c1-6-14-11(12)10(16-15-6)7-2-3-8-9(4-7)17-5-13-8/h2-5H,1H3. The number of benzene rings is 1. The molecule has 17 heavy (non-hydrogen) atoms. The zero-order valence-electron chi connectivity index (χ0n) is 8.88. The Balaban J connectivity index is 2.19. The summed E-state index contributed by atoms with van der Waals surface area (Å²) in [5.74, 6) is 0.541. The Morgan fingerprint density at radius 2 is 2.12 bits per heavy atom. The molecule has 0 aliphatic rings. The van der Waals surface area contributed by atoms with Gasteiger partial charge >= 0.3 is 0 Å². The van der Waals surface area contributed by atoms with Crippen molar-refractivity contribution in [2.45, 2.75) is 6.92 Å². The molecule has 0 saturated carbocycles. The van der Waals surface area contributed by atoms with E-state index in [0.717, 1.165) is 11.1 Å². The van der Waals surface area contributed by atoms with Crippen molar-refractivity contribution in [1.29, 1.82) is 0 Å². The zero-order chi connectivity index (χ0) is 11.8. The highest BCUT2D eigenvalue weighted by Gasteiger charge is 2.09. The van der Waals surface area contributed by atoms with E-state index < -0.39 is 0 Å². The van der Waals surface area contributed by atoms with Crippen LogP contribution < -0.4 is 0 Å². The van der Waals surface area contributed by atoms with Gasteiger partial charge in [0.2, 0.25) is 0 Å². The predicted molar refractivity (Wildman–Crippen MR) is 62.6 cm³/mol. The van der Waals surface area contributed by atoms with Crippen molar-refractivity contribution < 1.29 is 4.42 Å². The minimum Gasteiger partial charge on any atom is -0.443 e. The van der Waals surface area contributed by atoms with Crippen LogP contribution >= 0.6 is 11.6 Å². The molecule has 0 bridgehead atoms. The van der Waals surface area contributed by atoms with Gasteiger partial charge in [-0.25, -0.2) is 9.97 Å². The maximum absolute atomic E-state index is 6.03. The second-order valence-corrected chi connectivity index (χ2v) is 3.89. The Hall–Kier alpha value is -2.01. The van der Waals surface area contributed by atoms with Crippen molar-refractivity contribution in [2.24, 2.45) is 0 Å². The third-order valence-electron chi connectivity index (χ3n) is 2.35. The van der Waals surface area contributed by atoms with Gasteiger partial charge in [0.1, 0.15) is 17.0 Å². The molecular formula is C11H7ClN4O. The Morgan fingerprint density at radius 3 is 2.94 bits per heavy atom. The third-order valence-corrected chi connectivity index (χ3v) is 2.62. The Labute approximate surface area is 101 Å². The van der Waals surface area contributed by atoms with Crippen LogP contribution in [0.4, 0.5) is 0 Å². The Kier molecular flexibility index (Phi) is 2.26. The largest absolute Gasteiger partial charge is 0.443 e. The van der Waals surface area contributed by atoms with E-state index in [1.54, 1.807) is 6.92 Å². The molecule has 3 aromatic rings. The van der Waals surface area contributed by atoms with Gasteiger partial charge in [0.05, 0.1) is 0 Å². The molecule has 0 saturated heterocycles. The van der Waals surface area contributed by atoms with Gasteiger partial charge in [-0.05, 0) is 19.1 Å². The van der Waals surface area contributed by atoms with Crippen LogP contribution in [-0.4, -0.2) is 20.2 Å². The predicted octanol–water partition coefficient (Wildman–Crippen LogP) is 2.64. The van der Waals surface area contributed by atoms with Crippen LogP contribution in [0.5, 0.6) is 0 Å². The second kappa shape index (κ2) is 3.78. The van der Waals surface area contributed by atoms with Crippen molar-refractivity contribution in [3.8, 4) is 11.3 Å². The molecule has 1 aromatic carbocycles. The van der Waals surface area contributed by atoms with Crippen LogP contribution in [0.15, 0.2) is 29.0 Å². The first-order valence-electron chi connectivity index (χ1n) is 4.94. The quantitative estimate of drug-likeness (QED) is 0.660. The van der Waals surface area contributed by atoms with E-state index in [1.165, 1.54) is 6.39 Å². The van der Waals surface area contributed by atoms with E-state index in [2.05, 4.69) is 20.2 Å². The number of aromatic nitrogens is 4. The van der Waals surface area contributed by atoms with E-state index in [4.69, 9.17) is 16.0 Å². The lowest BCUT2D eigenvalue weighted by Crippen LogP contribution is -1.95. The highest BCUT2D eigenvalue weighted by atomic mass is 35.5. The first kappa shape index (κ1) is 10.2. The number of nitrogens with zero attached hydrogens (tertiary/aromatic N) is 4. The molecule has 0 fully saturated rings. The summed E-state index contributed by atoms with van der Waals surface area (Å²) in [4.78, 5) is 8.10. The van der Waals surface area contributed by atoms with Gasteiger partial charge in [-0.3, -0.25) is 0 Å². The lowest BCUT2D eigenvalue weighted by Gasteiger charge is -2.01. The van der Waals surface area contributed by atoms with Gasteiger partial charge in [0, 0.05) is 5.56 Å². The summed E-state index contributed by atoms with van der Waals surface area (Å²) in [6.45, 7) is 1.74. The number of hydrogen-bond acceptors (Lipinski definition) is 5. The van der Waals surface area contributed by atoms with Crippen molar-refractivity contribution in [1.82, 2.24) is 20.2 Å². The summed E-state index contributed by atoms with van der Waals surface area (Å²) < 4.78 is 5.22. The summed E-state index contributed by atoms with van der Waals surface area (Å²) in [6.07, 6.45) is 1.40. The second-order valence-electron chi connectivity index (χ2n) is 3.53. The monoisotopic (exact) mass is 246 g/mol. The van der Waals surface area contributed by atoms with Crippen LogP contribution in [0.25, 0.3) is 22.4 Å². The molecule has 0 aliphatic heterocycles. The molecule has 2 aromatic heterocycles. The molecule has 2 heterocycles. The van der Waals surface area contributed by atoms with Crippen molar-refractivity contribution >= 4 is 22.7 Å². The molecule has 6 heteroatoms. The average Bonchev–Trinajstić information content (AvgIpc) is 2.75. The van der Waals surface area contributed by atoms with Crippen LogP contribution in [-0.2, 0) is 0 Å². The topological polar surface area (TPSA) is 64.7 Å². The van der Waals surface area contributed by atoms with Crippen LogP contribution in [0.2, 0.25) is 5.15 Å². The third kappa shape index (κ3) is 1.74. The highest BCUT2D eigenvalue weighted by molar-refractivity contribution is 6.31. The molecule has 0 N–H and O–H groups in total. The van der Waals surface area contributed by atoms with Crippen molar-refractivity contribution in [3.63, 3.8) is 0 Å². The molecule has 3 rings (SSSR count). The van der Waals surface area contributed by atoms with Gasteiger partial charge < -0.3 is 4.42 Å². The molecule has 0 spiro atoms. The van der Waals surface area contributed by atoms with E-state index >= 15 is 0 Å². The number of fused-ring (bicyclic) bond motifs is 1. The molecule has 0 atom stereocenters. The number of rotatable bonds is 1. The smallest absolute Gasteiger partial charge is 0.181 e. The average molecular weight is 247 g/mol. The van der Waals surface area contributed by atoms with Crippen molar-refractivity contribution in [3.05, 3.63) is 35.6 Å². The van der Waals surface area contributed by atoms with E-state index in [0.29, 0.717) is 22.3 Å². The first-order valence-corrected chi connectivity index (χ1v) is 5.32. The van der Waals surface area contributed by atoms with E-state index in [1.807, 2.05) is 18.2 Å². The lowest BCUT2D eigenvalue weighted by atomic mass is 10.1. The fourth-order valence-electron chi connectivity index (χ4n) is 1.56. The van der Waals surface area contributed by atoms with Gasteiger partial charge in [-0.2, -0.15) is 0 Å². The molecule has 0 amide bonds. The summed E-state index contributed by atoms with van der Waals surface area (Å²) in [5.41, 5.74) is 2.81. The number of oxazole rings is 1. The molecule has 84 valence electrons. The summed E-state index contributed by atoms with van der Waals surface area (Å²) >= 11 is 6.03. The van der Waals surface area contributed by atoms with Crippen LogP contribution in [0, 0.1) is 6.92 Å². The normalized spacial score (nSPS) is 10.9. The van der Waals surface area contributed by atoms with Gasteiger partial charge in [-0.15, -0.1) is 10.2 Å². The Morgan fingerprint density at radius 1 is 1.24 bits per heavy atom. The maximum Gasteiger partial charge on any atom is 0.181 e. The highest BCUT2D eigenvalue weighted by Crippen LogP contribution is 2.26. The summed E-state index contributed by atoms with van der Waals surface area (Å²) in [5, 5.41) is 8.25. The molecule has 0 unspecified atom stereocenters. The van der Waals surface area contributed by atoms with Gasteiger partial charge in [0.15, 0.2) is 17.1 Å². The number of halogens is 1. The molecule has 0 aliphatic carbocycles. The zero-order valence-corrected chi connectivity index (χ0v) is 9.64. The fraction of sp³-hybridized carbons (Fsp3) is 0.0909. The fourth-order valence-corrected chi connectivity index (χ4v) is 1.83. The number of aryl methyl sites for hydroxylation is 1. The van der Waals surface area contributed by atoms with Crippen LogP contribution in [0.3, 0.4) is 0 Å². The van der Waals surface area contributed by atoms with E-state index in [9.17, 15) is 0 Å². The lowest BCUT2D eigenvalue weighted by molar-refractivity contribution is 0.602. The Bertz CT molecular complexity index is 695. The van der Waals surface area contributed by atoms with E-state index in [-0.39, 0.29) is 0 Å². The maximum atomic E-state index is 6.03.